The topological polar surface area (TPSA) is 64.2 Å². The van der Waals surface area contributed by atoms with Crippen molar-refractivity contribution in [2.45, 2.75) is 31.3 Å². The van der Waals surface area contributed by atoms with Gasteiger partial charge in [0.1, 0.15) is 11.9 Å². The van der Waals surface area contributed by atoms with Crippen molar-refractivity contribution >= 4 is 11.7 Å². The average molecular weight is 206 g/mol. The molecule has 1 aliphatic carbocycles. The Kier molecular flexibility index (Phi) is 1.74. The fourth-order valence-corrected chi connectivity index (χ4v) is 2.21. The van der Waals surface area contributed by atoms with Gasteiger partial charge in [-0.05, 0) is 25.3 Å². The molecule has 2 aliphatic rings. The number of hydrogen-bond donors (Lipinski definition) is 1. The highest BCUT2D eigenvalue weighted by molar-refractivity contribution is 5.83. The summed E-state index contributed by atoms with van der Waals surface area (Å²) in [5.41, 5.74) is 5.54. The summed E-state index contributed by atoms with van der Waals surface area (Å²) in [6.07, 6.45) is 4.98. The second kappa shape index (κ2) is 2.98. The van der Waals surface area contributed by atoms with E-state index in [4.69, 9.17) is 5.73 Å². The molecule has 2 N–H and O–H groups in total. The van der Waals surface area contributed by atoms with E-state index in [1.165, 1.54) is 12.8 Å². The summed E-state index contributed by atoms with van der Waals surface area (Å²) in [6.45, 7) is 0.869. The van der Waals surface area contributed by atoms with Gasteiger partial charge in [-0.3, -0.25) is 9.48 Å². The van der Waals surface area contributed by atoms with E-state index >= 15 is 0 Å². The highest BCUT2D eigenvalue weighted by Gasteiger charge is 2.41. The lowest BCUT2D eigenvalue weighted by Crippen LogP contribution is -2.30. The lowest BCUT2D eigenvalue weighted by Gasteiger charge is -2.15. The van der Waals surface area contributed by atoms with Crippen LogP contribution in [-0.4, -0.2) is 33.2 Å². The number of nitrogens with zero attached hydrogens (tertiary/aromatic N) is 3. The zero-order chi connectivity index (χ0) is 10.4. The summed E-state index contributed by atoms with van der Waals surface area (Å²) in [4.78, 5) is 14.0. The van der Waals surface area contributed by atoms with Crippen molar-refractivity contribution in [1.82, 2.24) is 14.7 Å². The molecule has 15 heavy (non-hydrogen) atoms. The van der Waals surface area contributed by atoms with Crippen LogP contribution in [0, 0.1) is 0 Å². The Morgan fingerprint density at radius 1 is 1.40 bits per heavy atom. The molecule has 1 aromatic heterocycles. The Morgan fingerprint density at radius 2 is 2.20 bits per heavy atom. The zero-order valence-corrected chi connectivity index (χ0v) is 8.47. The third kappa shape index (κ3) is 1.38. The van der Waals surface area contributed by atoms with Crippen LogP contribution in [0.4, 0.5) is 5.82 Å². The van der Waals surface area contributed by atoms with Crippen LogP contribution in [-0.2, 0) is 4.79 Å². The number of nitrogen functional groups attached to an aromatic ring is 1. The van der Waals surface area contributed by atoms with Crippen LogP contribution in [0.25, 0.3) is 0 Å². The second-order valence-corrected chi connectivity index (χ2v) is 4.29. The van der Waals surface area contributed by atoms with Gasteiger partial charge in [0, 0.05) is 18.8 Å². The second-order valence-electron chi connectivity index (χ2n) is 4.29. The van der Waals surface area contributed by atoms with Crippen molar-refractivity contribution in [2.24, 2.45) is 0 Å². The molecule has 0 radical (unpaired) electrons. The van der Waals surface area contributed by atoms with Gasteiger partial charge < -0.3 is 10.6 Å². The largest absolute Gasteiger partial charge is 0.382 e. The molecule has 5 heteroatoms. The van der Waals surface area contributed by atoms with Gasteiger partial charge in [0.05, 0.1) is 0 Å². The molecule has 0 aromatic carbocycles. The normalized spacial score (nSPS) is 26.3. The average Bonchev–Trinajstić information content (AvgIpc) is 2.86. The molecule has 1 saturated carbocycles. The van der Waals surface area contributed by atoms with Crippen LogP contribution in [0.3, 0.4) is 0 Å². The standard InChI is InChI=1S/C10H14N4O/c11-9-4-6-14(12-9)8-3-5-13(10(8)15)7-1-2-7/h4,6-8H,1-3,5H2,(H2,11,12). The smallest absolute Gasteiger partial charge is 0.247 e. The lowest BCUT2D eigenvalue weighted by molar-refractivity contribution is -0.131. The molecular formula is C10H14N4O. The third-order valence-corrected chi connectivity index (χ3v) is 3.15. The van der Waals surface area contributed by atoms with Gasteiger partial charge in [-0.1, -0.05) is 0 Å². The van der Waals surface area contributed by atoms with Crippen molar-refractivity contribution in [3.05, 3.63) is 12.3 Å². The SMILES string of the molecule is Nc1ccn(C2CCN(C3CC3)C2=O)n1. The maximum absolute atomic E-state index is 12.0. The highest BCUT2D eigenvalue weighted by Crippen LogP contribution is 2.34. The summed E-state index contributed by atoms with van der Waals surface area (Å²) in [6, 6.07) is 2.12. The van der Waals surface area contributed by atoms with Crippen LogP contribution in [0.5, 0.6) is 0 Å². The molecule has 3 rings (SSSR count). The number of carbonyl (C=O) groups is 1. The summed E-state index contributed by atoms with van der Waals surface area (Å²) in [7, 11) is 0. The van der Waals surface area contributed by atoms with Crippen LogP contribution in [0.1, 0.15) is 25.3 Å². The molecule has 5 nitrogen and oxygen atoms in total. The predicted octanol–water partition coefficient (Wildman–Crippen LogP) is 0.401. The summed E-state index contributed by atoms with van der Waals surface area (Å²) in [5.74, 6) is 0.688. The van der Waals surface area contributed by atoms with Crippen LogP contribution >= 0.6 is 0 Å². The van der Waals surface area contributed by atoms with Crippen molar-refractivity contribution < 1.29 is 4.79 Å². The van der Waals surface area contributed by atoms with Gasteiger partial charge in [-0.25, -0.2) is 0 Å². The Balaban J connectivity index is 1.80. The molecule has 1 amide bonds. The van der Waals surface area contributed by atoms with Crippen LogP contribution in [0.15, 0.2) is 12.3 Å². The number of carbonyl (C=O) groups excluding carboxylic acids is 1. The third-order valence-electron chi connectivity index (χ3n) is 3.15. The maximum atomic E-state index is 12.0. The molecule has 2 fully saturated rings. The van der Waals surface area contributed by atoms with E-state index in [-0.39, 0.29) is 11.9 Å². The molecule has 1 unspecified atom stereocenters. The molecule has 1 atom stereocenters. The fourth-order valence-electron chi connectivity index (χ4n) is 2.21. The van der Waals surface area contributed by atoms with Gasteiger partial charge in [-0.15, -0.1) is 0 Å². The Hall–Kier alpha value is -1.52. The van der Waals surface area contributed by atoms with E-state index in [0.717, 1.165) is 13.0 Å². The van der Waals surface area contributed by atoms with Gasteiger partial charge in [0.25, 0.3) is 0 Å². The minimum Gasteiger partial charge on any atom is -0.382 e. The molecule has 0 bridgehead atoms. The fraction of sp³-hybridized carbons (Fsp3) is 0.600. The number of amides is 1. The first-order valence-corrected chi connectivity index (χ1v) is 5.37. The van der Waals surface area contributed by atoms with E-state index in [9.17, 15) is 4.79 Å². The monoisotopic (exact) mass is 206 g/mol. The van der Waals surface area contributed by atoms with Gasteiger partial charge >= 0.3 is 0 Å². The quantitative estimate of drug-likeness (QED) is 0.761. The van der Waals surface area contributed by atoms with Crippen molar-refractivity contribution in [3.8, 4) is 0 Å². The first-order valence-electron chi connectivity index (χ1n) is 5.37. The van der Waals surface area contributed by atoms with E-state index in [0.29, 0.717) is 11.9 Å². The van der Waals surface area contributed by atoms with E-state index in [1.807, 2.05) is 4.90 Å². The van der Waals surface area contributed by atoms with E-state index < -0.39 is 0 Å². The first-order chi connectivity index (χ1) is 7.25. The molecule has 1 aromatic rings. The predicted molar refractivity (Wildman–Crippen MR) is 55.0 cm³/mol. The minimum atomic E-state index is -0.122. The van der Waals surface area contributed by atoms with Gasteiger partial charge in [-0.2, -0.15) is 5.10 Å². The van der Waals surface area contributed by atoms with Gasteiger partial charge in [0.2, 0.25) is 5.91 Å². The molecule has 80 valence electrons. The summed E-state index contributed by atoms with van der Waals surface area (Å²) in [5, 5.41) is 4.10. The molecule has 1 saturated heterocycles. The Morgan fingerprint density at radius 3 is 2.80 bits per heavy atom. The molecular weight excluding hydrogens is 192 g/mol. The molecule has 0 spiro atoms. The Labute approximate surface area is 87.8 Å². The van der Waals surface area contributed by atoms with Crippen LogP contribution in [0.2, 0.25) is 0 Å². The molecule has 2 heterocycles. The minimum absolute atomic E-state index is 0.122. The van der Waals surface area contributed by atoms with Crippen molar-refractivity contribution in [2.75, 3.05) is 12.3 Å². The number of aromatic nitrogens is 2. The van der Waals surface area contributed by atoms with Crippen molar-refractivity contribution in [1.29, 1.82) is 0 Å². The van der Waals surface area contributed by atoms with E-state index in [2.05, 4.69) is 5.10 Å². The summed E-state index contributed by atoms with van der Waals surface area (Å²) >= 11 is 0. The Bertz CT molecular complexity index is 396. The number of hydrogen-bond acceptors (Lipinski definition) is 3. The number of nitrogens with two attached hydrogens (primary N) is 1. The number of rotatable bonds is 2. The maximum Gasteiger partial charge on any atom is 0.247 e. The number of likely N-dealkylation sites (tertiary alicyclic amines) is 1. The summed E-state index contributed by atoms with van der Waals surface area (Å²) < 4.78 is 1.69. The number of anilines is 1. The zero-order valence-electron chi connectivity index (χ0n) is 8.47. The highest BCUT2D eigenvalue weighted by atomic mass is 16.2. The van der Waals surface area contributed by atoms with E-state index in [1.54, 1.807) is 16.9 Å². The van der Waals surface area contributed by atoms with Crippen molar-refractivity contribution in [3.63, 3.8) is 0 Å². The lowest BCUT2D eigenvalue weighted by atomic mass is 10.2. The molecule has 1 aliphatic heterocycles. The van der Waals surface area contributed by atoms with Crippen LogP contribution < -0.4 is 5.73 Å². The first kappa shape index (κ1) is 8.76. The van der Waals surface area contributed by atoms with Gasteiger partial charge in [0.15, 0.2) is 0 Å².